The van der Waals surface area contributed by atoms with Crippen LogP contribution in [0.2, 0.25) is 19.6 Å². The molecule has 0 aromatic heterocycles. The summed E-state index contributed by atoms with van der Waals surface area (Å²) in [5.41, 5.74) is 5.60. The number of nitrogens with two attached hydrogens (primary N) is 1. The standard InChI is InChI=1S/C9H22NO5PSi.BrH/c1-5-15-9(11)7(10)6-8(16(12,13)14)17(2,3)4;/h7-8H,5-6,10H2,1-4H3,(H2,12,13,14);1H/t7-,8-;/m0./s1. The molecule has 0 heterocycles. The monoisotopic (exact) mass is 363 g/mol. The van der Waals surface area contributed by atoms with E-state index in [0.29, 0.717) is 0 Å². The molecule has 6 nitrogen and oxygen atoms in total. The summed E-state index contributed by atoms with van der Waals surface area (Å²) in [6, 6.07) is -0.973. The van der Waals surface area contributed by atoms with Gasteiger partial charge in [-0.05, 0) is 13.3 Å². The molecule has 0 rings (SSSR count). The Hall–Kier alpha value is 0.277. The second-order valence-electron chi connectivity index (χ2n) is 5.07. The van der Waals surface area contributed by atoms with Gasteiger partial charge in [-0.2, -0.15) is 0 Å². The van der Waals surface area contributed by atoms with E-state index < -0.39 is 33.0 Å². The van der Waals surface area contributed by atoms with Crippen LogP contribution in [0.3, 0.4) is 0 Å². The predicted molar refractivity (Wildman–Crippen MR) is 78.7 cm³/mol. The van der Waals surface area contributed by atoms with Crippen LogP contribution in [-0.2, 0) is 14.1 Å². The summed E-state index contributed by atoms with van der Waals surface area (Å²) >= 11 is 0. The zero-order chi connectivity index (χ0) is 13.9. The first kappa shape index (κ1) is 20.6. The maximum absolute atomic E-state index is 11.4. The van der Waals surface area contributed by atoms with Gasteiger partial charge in [-0.1, -0.05) is 19.6 Å². The van der Waals surface area contributed by atoms with Crippen molar-refractivity contribution < 1.29 is 23.9 Å². The molecule has 0 radical (unpaired) electrons. The molecule has 0 amide bonds. The van der Waals surface area contributed by atoms with Gasteiger partial charge in [0.25, 0.3) is 0 Å². The third-order valence-corrected chi connectivity index (χ3v) is 9.06. The number of carbonyl (C=O) groups is 1. The smallest absolute Gasteiger partial charge is 0.325 e. The zero-order valence-electron chi connectivity index (χ0n) is 11.1. The number of esters is 1. The Balaban J connectivity index is 0. The highest BCUT2D eigenvalue weighted by Crippen LogP contribution is 2.47. The van der Waals surface area contributed by atoms with Crippen molar-refractivity contribution >= 4 is 38.6 Å². The van der Waals surface area contributed by atoms with Gasteiger partial charge in [0.05, 0.1) is 20.0 Å². The number of rotatable bonds is 6. The molecule has 0 bridgehead atoms. The minimum Gasteiger partial charge on any atom is -0.465 e. The lowest BCUT2D eigenvalue weighted by Crippen LogP contribution is -2.45. The van der Waals surface area contributed by atoms with E-state index in [2.05, 4.69) is 0 Å². The SMILES string of the molecule is Br.CCOC(=O)[C@@H](N)C[C@H]([Si](C)(C)C)P(=O)(O)O. The number of ether oxygens (including phenoxy) is 1. The van der Waals surface area contributed by atoms with Crippen LogP contribution < -0.4 is 5.73 Å². The van der Waals surface area contributed by atoms with Gasteiger partial charge >= 0.3 is 13.6 Å². The Bertz CT molecular complexity index is 317. The topological polar surface area (TPSA) is 110 Å². The summed E-state index contributed by atoms with van der Waals surface area (Å²) < 4.78 is 16.1. The fourth-order valence-corrected chi connectivity index (χ4v) is 7.08. The Labute approximate surface area is 119 Å². The summed E-state index contributed by atoms with van der Waals surface area (Å²) in [4.78, 5) is 30.0. The first-order valence-electron chi connectivity index (χ1n) is 5.47. The van der Waals surface area contributed by atoms with E-state index in [0.717, 1.165) is 0 Å². The molecule has 0 aromatic rings. The molecule has 0 unspecified atom stereocenters. The van der Waals surface area contributed by atoms with Crippen LogP contribution in [0.25, 0.3) is 0 Å². The molecule has 2 atom stereocenters. The lowest BCUT2D eigenvalue weighted by atomic mass is 10.2. The molecule has 0 spiro atoms. The number of halogens is 1. The molecule has 9 heteroatoms. The van der Waals surface area contributed by atoms with Gasteiger partial charge in [-0.25, -0.2) is 0 Å². The minimum absolute atomic E-state index is 0. The lowest BCUT2D eigenvalue weighted by Gasteiger charge is -2.30. The van der Waals surface area contributed by atoms with Gasteiger partial charge in [0.15, 0.2) is 0 Å². The lowest BCUT2D eigenvalue weighted by molar-refractivity contribution is -0.144. The average molecular weight is 364 g/mol. The molecular weight excluding hydrogens is 341 g/mol. The van der Waals surface area contributed by atoms with Gasteiger partial charge in [0.2, 0.25) is 0 Å². The van der Waals surface area contributed by atoms with Crippen LogP contribution >= 0.6 is 24.6 Å². The largest absolute Gasteiger partial charge is 0.465 e. The molecule has 0 saturated heterocycles. The molecule has 0 aliphatic carbocycles. The van der Waals surface area contributed by atoms with Gasteiger partial charge < -0.3 is 20.3 Å². The maximum Gasteiger partial charge on any atom is 0.325 e. The third-order valence-electron chi connectivity index (χ3n) is 2.47. The van der Waals surface area contributed by atoms with Crippen LogP contribution in [-0.4, -0.2) is 41.8 Å². The summed E-state index contributed by atoms with van der Waals surface area (Å²) in [6.45, 7) is 7.39. The first-order chi connectivity index (χ1) is 7.50. The Morgan fingerprint density at radius 3 is 2.11 bits per heavy atom. The van der Waals surface area contributed by atoms with Crippen molar-refractivity contribution in [3.63, 3.8) is 0 Å². The van der Waals surface area contributed by atoms with Crippen molar-refractivity contribution in [2.75, 3.05) is 6.61 Å². The minimum atomic E-state index is -4.24. The molecule has 110 valence electrons. The van der Waals surface area contributed by atoms with Gasteiger partial charge in [0.1, 0.15) is 6.04 Å². The molecule has 0 aliphatic rings. The maximum atomic E-state index is 11.4. The predicted octanol–water partition coefficient (Wildman–Crippen LogP) is 1.27. The number of hydrogen-bond donors (Lipinski definition) is 3. The normalized spacial score (nSPS) is 15.5. The Morgan fingerprint density at radius 1 is 1.39 bits per heavy atom. The third kappa shape index (κ3) is 7.01. The molecule has 0 saturated carbocycles. The van der Waals surface area contributed by atoms with Crippen molar-refractivity contribution in [1.29, 1.82) is 0 Å². The molecular formula is C9H23BrNO5PSi. The Morgan fingerprint density at radius 2 is 1.83 bits per heavy atom. The second-order valence-corrected chi connectivity index (χ2v) is 12.8. The van der Waals surface area contributed by atoms with Gasteiger partial charge in [0, 0.05) is 0 Å². The first-order valence-corrected chi connectivity index (χ1v) is 10.7. The van der Waals surface area contributed by atoms with E-state index in [1.54, 1.807) is 6.92 Å². The molecule has 0 aliphatic heterocycles. The van der Waals surface area contributed by atoms with Gasteiger partial charge in [-0.3, -0.25) is 9.36 Å². The number of hydrogen-bond acceptors (Lipinski definition) is 4. The van der Waals surface area contributed by atoms with Crippen LogP contribution in [0.4, 0.5) is 0 Å². The number of carbonyl (C=O) groups excluding carboxylic acids is 1. The average Bonchev–Trinajstić information content (AvgIpc) is 2.10. The summed E-state index contributed by atoms with van der Waals surface area (Å²) in [5, 5.41) is -0.825. The van der Waals surface area contributed by atoms with E-state index in [9.17, 15) is 19.1 Å². The van der Waals surface area contributed by atoms with E-state index in [1.165, 1.54) is 0 Å². The molecule has 18 heavy (non-hydrogen) atoms. The van der Waals surface area contributed by atoms with Crippen LogP contribution in [0, 0.1) is 0 Å². The van der Waals surface area contributed by atoms with Crippen molar-refractivity contribution in [2.24, 2.45) is 5.73 Å². The van der Waals surface area contributed by atoms with Crippen LogP contribution in [0.15, 0.2) is 0 Å². The molecule has 0 aromatic carbocycles. The van der Waals surface area contributed by atoms with E-state index in [4.69, 9.17) is 10.5 Å². The van der Waals surface area contributed by atoms with Crippen molar-refractivity contribution in [1.82, 2.24) is 0 Å². The van der Waals surface area contributed by atoms with E-state index in [-0.39, 0.29) is 30.0 Å². The fraction of sp³-hybridized carbons (Fsp3) is 0.889. The highest BCUT2D eigenvalue weighted by atomic mass is 79.9. The molecule has 4 N–H and O–H groups in total. The van der Waals surface area contributed by atoms with Crippen molar-refractivity contribution in [3.8, 4) is 0 Å². The quantitative estimate of drug-likeness (QED) is 0.372. The van der Waals surface area contributed by atoms with E-state index >= 15 is 0 Å². The van der Waals surface area contributed by atoms with E-state index in [1.807, 2.05) is 19.6 Å². The summed E-state index contributed by atoms with van der Waals surface area (Å²) in [7, 11) is -6.34. The highest BCUT2D eigenvalue weighted by molar-refractivity contribution is 8.93. The van der Waals surface area contributed by atoms with Crippen LogP contribution in [0.1, 0.15) is 13.3 Å². The highest BCUT2D eigenvalue weighted by Gasteiger charge is 2.42. The van der Waals surface area contributed by atoms with Crippen molar-refractivity contribution in [2.45, 2.75) is 44.3 Å². The summed E-state index contributed by atoms with van der Waals surface area (Å²) in [6.07, 6.45) is -0.0289. The van der Waals surface area contributed by atoms with Crippen LogP contribution in [0.5, 0.6) is 0 Å². The second kappa shape index (κ2) is 7.77. The van der Waals surface area contributed by atoms with Gasteiger partial charge in [-0.15, -0.1) is 17.0 Å². The van der Waals surface area contributed by atoms with Crippen molar-refractivity contribution in [3.05, 3.63) is 0 Å². The zero-order valence-corrected chi connectivity index (χ0v) is 14.7. The molecule has 0 fully saturated rings. The summed E-state index contributed by atoms with van der Waals surface area (Å²) in [5.74, 6) is -0.607. The fourth-order valence-electron chi connectivity index (χ4n) is 1.58. The Kier molecular flexibility index (Phi) is 8.88.